The normalized spacial score (nSPS) is 17.8. The van der Waals surface area contributed by atoms with Gasteiger partial charge in [-0.15, -0.1) is 0 Å². The Morgan fingerprint density at radius 2 is 2.15 bits per heavy atom. The van der Waals surface area contributed by atoms with Gasteiger partial charge in [0.1, 0.15) is 6.33 Å². The number of hydrogen-bond acceptors (Lipinski definition) is 5. The molecule has 1 atom stereocenters. The topological polar surface area (TPSA) is 73.8 Å². The molecule has 0 radical (unpaired) electrons. The lowest BCUT2D eigenvalue weighted by Crippen LogP contribution is -2.38. The maximum absolute atomic E-state index is 12.3. The first-order valence-corrected chi connectivity index (χ1v) is 8.98. The smallest absolute Gasteiger partial charge is 0.266 e. The highest BCUT2D eigenvalue weighted by atomic mass is 16.1. The Bertz CT molecular complexity index is 912. The van der Waals surface area contributed by atoms with Crippen LogP contribution in [0.3, 0.4) is 0 Å². The van der Waals surface area contributed by atoms with Crippen molar-refractivity contribution in [2.75, 3.05) is 13.1 Å². The molecule has 0 aromatic carbocycles. The molecular formula is C18H23N7O. The summed E-state index contributed by atoms with van der Waals surface area (Å²) >= 11 is 0. The molecule has 0 spiro atoms. The Labute approximate surface area is 151 Å². The molecule has 8 heteroatoms. The maximum atomic E-state index is 12.3. The molecule has 1 fully saturated rings. The van der Waals surface area contributed by atoms with E-state index in [1.165, 1.54) is 5.69 Å². The summed E-state index contributed by atoms with van der Waals surface area (Å²) in [4.78, 5) is 18.8. The number of likely N-dealkylation sites (tertiary alicyclic amines) is 1. The Balaban J connectivity index is 1.46. The second kappa shape index (κ2) is 7.25. The number of imidazole rings is 1. The van der Waals surface area contributed by atoms with Crippen LogP contribution < -0.4 is 5.56 Å². The highest BCUT2D eigenvalue weighted by Crippen LogP contribution is 2.19. The van der Waals surface area contributed by atoms with Crippen LogP contribution in [0.2, 0.25) is 0 Å². The SMILES string of the molecule is Cn1nccc1CCN1CCCC1Cn1nc(-n2ccnc2)ccc1=O. The second-order valence-corrected chi connectivity index (χ2v) is 6.71. The number of nitrogens with zero attached hydrogens (tertiary/aromatic N) is 7. The molecule has 1 unspecified atom stereocenters. The summed E-state index contributed by atoms with van der Waals surface area (Å²) in [5, 5.41) is 8.75. The largest absolute Gasteiger partial charge is 0.298 e. The number of hydrogen-bond donors (Lipinski definition) is 0. The Kier molecular flexibility index (Phi) is 4.66. The zero-order chi connectivity index (χ0) is 17.9. The van der Waals surface area contributed by atoms with E-state index >= 15 is 0 Å². The van der Waals surface area contributed by atoms with Crippen molar-refractivity contribution in [1.82, 2.24) is 34.0 Å². The van der Waals surface area contributed by atoms with Gasteiger partial charge in [0, 0.05) is 56.4 Å². The molecule has 1 aliphatic heterocycles. The lowest BCUT2D eigenvalue weighted by atomic mass is 10.2. The summed E-state index contributed by atoms with van der Waals surface area (Å²) in [7, 11) is 1.97. The molecule has 3 aromatic heterocycles. The molecule has 0 N–H and O–H groups in total. The lowest BCUT2D eigenvalue weighted by molar-refractivity contribution is 0.226. The number of rotatable bonds is 6. The molecule has 0 saturated carbocycles. The zero-order valence-corrected chi connectivity index (χ0v) is 14.9. The highest BCUT2D eigenvalue weighted by Gasteiger charge is 2.25. The van der Waals surface area contributed by atoms with Crippen LogP contribution in [0, 0.1) is 0 Å². The molecule has 1 aliphatic rings. The third-order valence-corrected chi connectivity index (χ3v) is 5.08. The van der Waals surface area contributed by atoms with Gasteiger partial charge >= 0.3 is 0 Å². The van der Waals surface area contributed by atoms with E-state index in [0.29, 0.717) is 18.4 Å². The van der Waals surface area contributed by atoms with Crippen molar-refractivity contribution >= 4 is 0 Å². The molecule has 4 rings (SSSR count). The van der Waals surface area contributed by atoms with E-state index in [9.17, 15) is 4.79 Å². The van der Waals surface area contributed by atoms with E-state index in [1.807, 2.05) is 28.7 Å². The van der Waals surface area contributed by atoms with E-state index in [0.717, 1.165) is 32.4 Å². The molecule has 3 aromatic rings. The first-order valence-electron chi connectivity index (χ1n) is 8.98. The van der Waals surface area contributed by atoms with Crippen LogP contribution in [-0.4, -0.2) is 53.1 Å². The Hall–Kier alpha value is -2.74. The average Bonchev–Trinajstić information content (AvgIpc) is 3.38. The van der Waals surface area contributed by atoms with Gasteiger partial charge in [0.2, 0.25) is 0 Å². The minimum Gasteiger partial charge on any atom is -0.298 e. The van der Waals surface area contributed by atoms with Crippen LogP contribution in [0.25, 0.3) is 5.82 Å². The summed E-state index contributed by atoms with van der Waals surface area (Å²) in [6, 6.07) is 5.71. The van der Waals surface area contributed by atoms with Crippen molar-refractivity contribution in [3.63, 3.8) is 0 Å². The van der Waals surface area contributed by atoms with Gasteiger partial charge in [-0.3, -0.25) is 18.9 Å². The van der Waals surface area contributed by atoms with E-state index < -0.39 is 0 Å². The van der Waals surface area contributed by atoms with Crippen molar-refractivity contribution in [3.8, 4) is 5.82 Å². The summed E-state index contributed by atoms with van der Waals surface area (Å²) in [5.41, 5.74) is 1.17. The molecule has 0 aliphatic carbocycles. The zero-order valence-electron chi connectivity index (χ0n) is 14.9. The standard InChI is InChI=1S/C18H23N7O/c1-22-15(6-8-20-22)7-11-23-10-2-3-16(23)13-25-18(26)5-4-17(21-25)24-12-9-19-14-24/h4-6,8-9,12,14,16H,2-3,7,10-11,13H2,1H3. The molecule has 1 saturated heterocycles. The van der Waals surface area contributed by atoms with Crippen LogP contribution in [-0.2, 0) is 20.0 Å². The van der Waals surface area contributed by atoms with E-state index in [1.54, 1.807) is 29.3 Å². The predicted molar refractivity (Wildman–Crippen MR) is 97.1 cm³/mol. The fourth-order valence-electron chi connectivity index (χ4n) is 3.60. The molecule has 0 bridgehead atoms. The van der Waals surface area contributed by atoms with Gasteiger partial charge in [0.15, 0.2) is 5.82 Å². The second-order valence-electron chi connectivity index (χ2n) is 6.71. The van der Waals surface area contributed by atoms with Gasteiger partial charge in [0.25, 0.3) is 5.56 Å². The van der Waals surface area contributed by atoms with Crippen molar-refractivity contribution in [2.45, 2.75) is 31.8 Å². The van der Waals surface area contributed by atoms with Gasteiger partial charge in [-0.1, -0.05) is 0 Å². The van der Waals surface area contributed by atoms with Crippen LogP contribution >= 0.6 is 0 Å². The Morgan fingerprint density at radius 3 is 2.92 bits per heavy atom. The first kappa shape index (κ1) is 16.7. The Morgan fingerprint density at radius 1 is 1.23 bits per heavy atom. The van der Waals surface area contributed by atoms with Gasteiger partial charge in [-0.05, 0) is 31.5 Å². The van der Waals surface area contributed by atoms with Crippen molar-refractivity contribution < 1.29 is 0 Å². The number of aryl methyl sites for hydroxylation is 1. The summed E-state index contributed by atoms with van der Waals surface area (Å²) in [6.07, 6.45) is 10.3. The van der Waals surface area contributed by atoms with Gasteiger partial charge in [-0.2, -0.15) is 10.2 Å². The summed E-state index contributed by atoms with van der Waals surface area (Å²) in [6.45, 7) is 2.66. The molecular weight excluding hydrogens is 330 g/mol. The van der Waals surface area contributed by atoms with Crippen molar-refractivity contribution in [2.24, 2.45) is 7.05 Å². The molecule has 0 amide bonds. The third-order valence-electron chi connectivity index (χ3n) is 5.08. The number of aromatic nitrogens is 6. The van der Waals surface area contributed by atoms with Gasteiger partial charge in [0.05, 0.1) is 6.54 Å². The van der Waals surface area contributed by atoms with Crippen LogP contribution in [0.15, 0.2) is 47.9 Å². The average molecular weight is 353 g/mol. The van der Waals surface area contributed by atoms with Crippen LogP contribution in [0.1, 0.15) is 18.5 Å². The molecule has 4 heterocycles. The van der Waals surface area contributed by atoms with E-state index in [2.05, 4.69) is 26.1 Å². The minimum atomic E-state index is -0.0626. The van der Waals surface area contributed by atoms with Crippen LogP contribution in [0.4, 0.5) is 0 Å². The molecule has 26 heavy (non-hydrogen) atoms. The summed E-state index contributed by atoms with van der Waals surface area (Å²) in [5.74, 6) is 0.710. The summed E-state index contributed by atoms with van der Waals surface area (Å²) < 4.78 is 5.32. The monoisotopic (exact) mass is 353 g/mol. The first-order chi connectivity index (χ1) is 12.7. The van der Waals surface area contributed by atoms with E-state index in [4.69, 9.17) is 0 Å². The van der Waals surface area contributed by atoms with Gasteiger partial charge < -0.3 is 0 Å². The lowest BCUT2D eigenvalue weighted by Gasteiger charge is -2.24. The van der Waals surface area contributed by atoms with Crippen molar-refractivity contribution in [1.29, 1.82) is 0 Å². The molecule has 136 valence electrons. The molecule has 8 nitrogen and oxygen atoms in total. The predicted octanol–water partition coefficient (Wildman–Crippen LogP) is 0.870. The quantitative estimate of drug-likeness (QED) is 0.657. The van der Waals surface area contributed by atoms with E-state index in [-0.39, 0.29) is 5.56 Å². The minimum absolute atomic E-state index is 0.0626. The van der Waals surface area contributed by atoms with Crippen LogP contribution in [0.5, 0.6) is 0 Å². The fraction of sp³-hybridized carbons (Fsp3) is 0.444. The van der Waals surface area contributed by atoms with Crippen molar-refractivity contribution in [3.05, 3.63) is 59.2 Å². The maximum Gasteiger partial charge on any atom is 0.266 e. The fourth-order valence-corrected chi connectivity index (χ4v) is 3.60. The third kappa shape index (κ3) is 3.45. The highest BCUT2D eigenvalue weighted by molar-refractivity contribution is 5.19. The van der Waals surface area contributed by atoms with Gasteiger partial charge in [-0.25, -0.2) is 9.67 Å².